The fraction of sp³-hybridized carbons (Fsp3) is 0.302. The Morgan fingerprint density at radius 3 is 2.65 bits per heavy atom. The maximum absolute atomic E-state index is 5.89. The topological polar surface area (TPSA) is 27.6 Å². The van der Waals surface area contributed by atoms with Crippen LogP contribution in [0.2, 0.25) is 0 Å². The quantitative estimate of drug-likeness (QED) is 0.281. The third kappa shape index (κ3) is 5.69. The molecule has 0 saturated carbocycles. The molecule has 0 aromatic heterocycles. The minimum atomic E-state index is -0.126. The molecular formula is C53H49N3S. The molecule has 0 radical (unpaired) electrons. The van der Waals surface area contributed by atoms with Gasteiger partial charge in [0.1, 0.15) is 0 Å². The van der Waals surface area contributed by atoms with E-state index < -0.39 is 0 Å². The SMILES string of the molecule is C1=CC2C3=C(CCC=C3)N(C3N=C(C4C=C(C5=CCCC6=C5Cc5ccccc56)C=C(C5=CCCC6c7ccccc7SC56)C4)CC(c4ccccc4)N3)C2C=C1. The summed E-state index contributed by atoms with van der Waals surface area (Å²) in [6.07, 6.45) is 34.2. The van der Waals surface area contributed by atoms with Crippen molar-refractivity contribution in [2.75, 3.05) is 0 Å². The fourth-order valence-electron chi connectivity index (χ4n) is 11.7. The zero-order valence-corrected chi connectivity index (χ0v) is 33.3. The van der Waals surface area contributed by atoms with Crippen molar-refractivity contribution >= 4 is 23.0 Å². The first-order chi connectivity index (χ1) is 28.2. The van der Waals surface area contributed by atoms with Gasteiger partial charge in [-0.05, 0) is 119 Å². The molecule has 0 amide bonds. The Bertz CT molecular complexity index is 2500. The highest BCUT2D eigenvalue weighted by Crippen LogP contribution is 2.55. The molecule has 3 nitrogen and oxygen atoms in total. The van der Waals surface area contributed by atoms with Gasteiger partial charge in [0, 0.05) is 51.8 Å². The maximum Gasteiger partial charge on any atom is 0.176 e. The highest BCUT2D eigenvalue weighted by atomic mass is 32.2. The number of rotatable bonds is 5. The zero-order valence-electron chi connectivity index (χ0n) is 32.5. The van der Waals surface area contributed by atoms with E-state index in [0.717, 1.165) is 51.4 Å². The lowest BCUT2D eigenvalue weighted by Crippen LogP contribution is -2.52. The number of hydrogen-bond acceptors (Lipinski definition) is 4. The number of thioether (sulfide) groups is 1. The van der Waals surface area contributed by atoms with Crippen molar-refractivity contribution in [3.05, 3.63) is 201 Å². The molecule has 0 fully saturated rings. The van der Waals surface area contributed by atoms with Crippen LogP contribution in [0.25, 0.3) is 5.57 Å². The summed E-state index contributed by atoms with van der Waals surface area (Å²) in [4.78, 5) is 10.0. The number of hydrogen-bond donors (Lipinski definition) is 1. The molecule has 12 rings (SSSR count). The predicted molar refractivity (Wildman–Crippen MR) is 236 cm³/mol. The molecule has 3 aromatic carbocycles. The number of benzene rings is 3. The molecule has 7 atom stereocenters. The van der Waals surface area contributed by atoms with Crippen LogP contribution in [0.4, 0.5) is 0 Å². The van der Waals surface area contributed by atoms with Gasteiger partial charge in [-0.2, -0.15) is 0 Å². The van der Waals surface area contributed by atoms with Crippen molar-refractivity contribution in [2.45, 2.75) is 92.2 Å². The molecule has 0 bridgehead atoms. The van der Waals surface area contributed by atoms with Gasteiger partial charge >= 0.3 is 0 Å². The third-order valence-corrected chi connectivity index (χ3v) is 15.7. The molecule has 3 aliphatic heterocycles. The lowest BCUT2D eigenvalue weighted by molar-refractivity contribution is 0.163. The standard InChI is InChI=1S/C53H49N3S/c1-2-14-33(15-3-1)47-32-48(55-53(54-47)56-49-25-9-6-18-42(49)43-19-7-10-26-50(43)56)37-29-35(39-21-12-23-41-38-17-5-4-16-34(38)31-46(39)41)28-36(30-37)40-22-13-24-45-44-20-8-11-27-51(44)57-52(40)45/h1-9,11,14-22,25,27-29,37,42,45,47,49,52-54H,10,12-13,23-24,26,30-32H2. The van der Waals surface area contributed by atoms with Gasteiger partial charge < -0.3 is 4.90 Å². The van der Waals surface area contributed by atoms with Crippen LogP contribution in [0.15, 0.2) is 189 Å². The maximum atomic E-state index is 5.89. The Balaban J connectivity index is 0.974. The minimum Gasteiger partial charge on any atom is -0.333 e. The van der Waals surface area contributed by atoms with Gasteiger partial charge in [0.2, 0.25) is 0 Å². The van der Waals surface area contributed by atoms with E-state index in [0.29, 0.717) is 17.1 Å². The Labute approximate surface area is 341 Å². The molecule has 3 heterocycles. The van der Waals surface area contributed by atoms with E-state index in [2.05, 4.69) is 162 Å². The monoisotopic (exact) mass is 759 g/mol. The van der Waals surface area contributed by atoms with Crippen molar-refractivity contribution < 1.29 is 0 Å². The van der Waals surface area contributed by atoms with Crippen LogP contribution >= 0.6 is 11.8 Å². The average Bonchev–Trinajstić information content (AvgIpc) is 3.96. The highest BCUT2D eigenvalue weighted by Gasteiger charge is 2.45. The van der Waals surface area contributed by atoms with Crippen LogP contribution < -0.4 is 5.32 Å². The second-order valence-corrected chi connectivity index (χ2v) is 18.5. The summed E-state index contributed by atoms with van der Waals surface area (Å²) in [5.74, 6) is 1.19. The van der Waals surface area contributed by atoms with Gasteiger partial charge in [0.15, 0.2) is 6.29 Å². The molecule has 1 N–H and O–H groups in total. The molecule has 6 aliphatic carbocycles. The van der Waals surface area contributed by atoms with Crippen LogP contribution in [0.1, 0.15) is 85.6 Å². The number of aliphatic imine (C=N–C) groups is 1. The van der Waals surface area contributed by atoms with E-state index >= 15 is 0 Å². The molecule has 3 aromatic rings. The van der Waals surface area contributed by atoms with Gasteiger partial charge in [0.05, 0.1) is 6.04 Å². The number of allylic oxidation sites excluding steroid dienone is 14. The highest BCUT2D eigenvalue weighted by molar-refractivity contribution is 8.00. The Kier molecular flexibility index (Phi) is 8.33. The molecule has 7 unspecified atom stereocenters. The molecule has 57 heavy (non-hydrogen) atoms. The zero-order chi connectivity index (χ0) is 37.5. The van der Waals surface area contributed by atoms with E-state index in [4.69, 9.17) is 4.99 Å². The Hall–Kier alpha value is -4.90. The van der Waals surface area contributed by atoms with Crippen LogP contribution in [0.5, 0.6) is 0 Å². The number of fused-ring (bicyclic) bond motifs is 7. The van der Waals surface area contributed by atoms with Gasteiger partial charge in [0.25, 0.3) is 0 Å². The van der Waals surface area contributed by atoms with Gasteiger partial charge in [-0.3, -0.25) is 10.3 Å². The third-order valence-electron chi connectivity index (χ3n) is 14.3. The summed E-state index contributed by atoms with van der Waals surface area (Å²) in [7, 11) is 0. The number of nitrogens with zero attached hydrogens (tertiary/aromatic N) is 2. The molecule has 4 heteroatoms. The smallest absolute Gasteiger partial charge is 0.176 e. The fourth-order valence-corrected chi connectivity index (χ4v) is 13.3. The van der Waals surface area contributed by atoms with Crippen LogP contribution in [-0.2, 0) is 6.42 Å². The summed E-state index contributed by atoms with van der Waals surface area (Å²) in [5.41, 5.74) is 19.3. The summed E-state index contributed by atoms with van der Waals surface area (Å²) in [6.45, 7) is 0. The van der Waals surface area contributed by atoms with E-state index in [1.54, 1.807) is 22.3 Å². The second-order valence-electron chi connectivity index (χ2n) is 17.3. The lowest BCUT2D eigenvalue weighted by atomic mass is 9.74. The molecule has 0 spiro atoms. The second kappa shape index (κ2) is 13.9. The Morgan fingerprint density at radius 2 is 1.68 bits per heavy atom. The predicted octanol–water partition coefficient (Wildman–Crippen LogP) is 12.1. The van der Waals surface area contributed by atoms with Crippen molar-refractivity contribution in [2.24, 2.45) is 16.8 Å². The summed E-state index contributed by atoms with van der Waals surface area (Å²) in [5, 5.41) is 4.61. The first-order valence-electron chi connectivity index (χ1n) is 21.6. The molecule has 9 aliphatic rings. The lowest BCUT2D eigenvalue weighted by Gasteiger charge is -2.42. The summed E-state index contributed by atoms with van der Waals surface area (Å²) >= 11 is 2.12. The number of nitrogens with one attached hydrogen (secondary N) is 1. The minimum absolute atomic E-state index is 0.126. The van der Waals surface area contributed by atoms with E-state index in [-0.39, 0.29) is 24.3 Å². The van der Waals surface area contributed by atoms with E-state index in [9.17, 15) is 0 Å². The van der Waals surface area contributed by atoms with E-state index in [1.807, 2.05) is 0 Å². The van der Waals surface area contributed by atoms with Gasteiger partial charge in [-0.25, -0.2) is 0 Å². The largest absolute Gasteiger partial charge is 0.333 e. The van der Waals surface area contributed by atoms with Crippen LogP contribution in [-0.4, -0.2) is 28.2 Å². The average molecular weight is 760 g/mol. The van der Waals surface area contributed by atoms with Crippen molar-refractivity contribution in [3.8, 4) is 0 Å². The Morgan fingerprint density at radius 1 is 0.807 bits per heavy atom. The summed E-state index contributed by atoms with van der Waals surface area (Å²) < 4.78 is 0. The normalized spacial score (nSPS) is 30.7. The van der Waals surface area contributed by atoms with Crippen molar-refractivity contribution in [3.63, 3.8) is 0 Å². The van der Waals surface area contributed by atoms with Gasteiger partial charge in [-0.1, -0.05) is 134 Å². The van der Waals surface area contributed by atoms with Crippen LogP contribution in [0, 0.1) is 11.8 Å². The molecule has 282 valence electrons. The van der Waals surface area contributed by atoms with Crippen molar-refractivity contribution in [1.29, 1.82) is 0 Å². The van der Waals surface area contributed by atoms with Crippen molar-refractivity contribution in [1.82, 2.24) is 10.2 Å². The first kappa shape index (κ1) is 34.2. The van der Waals surface area contributed by atoms with Crippen LogP contribution in [0.3, 0.4) is 0 Å². The molecular weight excluding hydrogens is 711 g/mol. The first-order valence-corrected chi connectivity index (χ1v) is 22.4. The van der Waals surface area contributed by atoms with E-state index in [1.165, 1.54) is 61.7 Å². The molecule has 0 saturated heterocycles. The summed E-state index contributed by atoms with van der Waals surface area (Å²) in [6, 6.07) is 30.0. The van der Waals surface area contributed by atoms with Gasteiger partial charge in [-0.15, -0.1) is 11.8 Å².